The van der Waals surface area contributed by atoms with Crippen LogP contribution >= 0.6 is 0 Å². The van der Waals surface area contributed by atoms with E-state index < -0.39 is 24.0 Å². The Hall–Kier alpha value is -2.27. The number of carbonyl (C=O) groups excluding carboxylic acids is 3. The topological polar surface area (TPSA) is 80.7 Å². The van der Waals surface area contributed by atoms with E-state index in [9.17, 15) is 19.5 Å². The lowest BCUT2D eigenvalue weighted by Gasteiger charge is -2.21. The van der Waals surface area contributed by atoms with Crippen molar-refractivity contribution in [2.75, 3.05) is 0 Å². The molecule has 2 atom stereocenters. The number of fused-ring (bicyclic) bond motifs is 1. The van der Waals surface area contributed by atoms with Crippen LogP contribution in [0.25, 0.3) is 0 Å². The zero-order valence-corrected chi connectivity index (χ0v) is 13.7. The van der Waals surface area contributed by atoms with Crippen molar-refractivity contribution in [3.05, 3.63) is 47.5 Å². The van der Waals surface area contributed by atoms with E-state index in [1.165, 1.54) is 6.92 Å². The molecular formula is C19H22O5. The van der Waals surface area contributed by atoms with Crippen molar-refractivity contribution < 1.29 is 24.2 Å². The van der Waals surface area contributed by atoms with Crippen LogP contribution in [0.5, 0.6) is 0 Å². The Labute approximate surface area is 141 Å². The lowest BCUT2D eigenvalue weighted by molar-refractivity contribution is -0.156. The van der Waals surface area contributed by atoms with Gasteiger partial charge in [0.25, 0.3) is 0 Å². The van der Waals surface area contributed by atoms with E-state index in [4.69, 9.17) is 4.74 Å². The van der Waals surface area contributed by atoms with Gasteiger partial charge in [-0.3, -0.25) is 14.4 Å². The van der Waals surface area contributed by atoms with E-state index in [1.54, 1.807) is 12.1 Å². The molecule has 0 aliphatic carbocycles. The van der Waals surface area contributed by atoms with Crippen LogP contribution in [0.3, 0.4) is 0 Å². The van der Waals surface area contributed by atoms with Crippen molar-refractivity contribution in [3.63, 3.8) is 0 Å². The van der Waals surface area contributed by atoms with E-state index in [-0.39, 0.29) is 25.0 Å². The molecular weight excluding hydrogens is 308 g/mol. The first-order valence-corrected chi connectivity index (χ1v) is 8.10. The summed E-state index contributed by atoms with van der Waals surface area (Å²) < 4.78 is 5.40. The normalized spacial score (nSPS) is 20.4. The van der Waals surface area contributed by atoms with Crippen LogP contribution in [-0.2, 0) is 25.5 Å². The summed E-state index contributed by atoms with van der Waals surface area (Å²) in [5, 5.41) is 9.87. The van der Waals surface area contributed by atoms with Gasteiger partial charge in [0.05, 0.1) is 6.10 Å². The average molecular weight is 330 g/mol. The van der Waals surface area contributed by atoms with Crippen LogP contribution in [0.1, 0.15) is 49.8 Å². The van der Waals surface area contributed by atoms with Gasteiger partial charge in [-0.15, -0.1) is 0 Å². The van der Waals surface area contributed by atoms with Gasteiger partial charge in [-0.05, 0) is 25.3 Å². The SMILES string of the molecule is CC(=O)C[C@@H](O)CC(=O)[C@@H]1OC(=O)CC/C=C\Cc2ccccc21. The third-order valence-corrected chi connectivity index (χ3v) is 3.86. The summed E-state index contributed by atoms with van der Waals surface area (Å²) in [7, 11) is 0. The smallest absolute Gasteiger partial charge is 0.307 e. The molecule has 1 aromatic carbocycles. The van der Waals surface area contributed by atoms with Crippen LogP contribution in [-0.4, -0.2) is 28.7 Å². The predicted molar refractivity (Wildman–Crippen MR) is 88.3 cm³/mol. The largest absolute Gasteiger partial charge is 0.449 e. The molecule has 0 radical (unpaired) electrons. The molecule has 24 heavy (non-hydrogen) atoms. The number of hydrogen-bond acceptors (Lipinski definition) is 5. The second kappa shape index (κ2) is 8.55. The summed E-state index contributed by atoms with van der Waals surface area (Å²) >= 11 is 0. The van der Waals surface area contributed by atoms with Gasteiger partial charge in [-0.2, -0.15) is 0 Å². The summed E-state index contributed by atoms with van der Waals surface area (Å²) in [5.41, 5.74) is 1.54. The van der Waals surface area contributed by atoms with Crippen molar-refractivity contribution >= 4 is 17.5 Å². The lowest BCUT2D eigenvalue weighted by atomic mass is 9.94. The number of rotatable bonds is 5. The Morgan fingerprint density at radius 1 is 1.25 bits per heavy atom. The van der Waals surface area contributed by atoms with E-state index in [0.717, 1.165) is 5.56 Å². The van der Waals surface area contributed by atoms with Crippen molar-refractivity contribution in [2.24, 2.45) is 0 Å². The molecule has 1 aliphatic heterocycles. The number of ketones is 2. The number of allylic oxidation sites excluding steroid dienone is 2. The fourth-order valence-corrected chi connectivity index (χ4v) is 2.74. The molecule has 1 N–H and O–H groups in total. The first-order valence-electron chi connectivity index (χ1n) is 8.10. The van der Waals surface area contributed by atoms with Gasteiger partial charge in [-0.1, -0.05) is 36.4 Å². The average Bonchev–Trinajstić information content (AvgIpc) is 2.52. The number of ether oxygens (including phenoxy) is 1. The number of esters is 1. The van der Waals surface area contributed by atoms with Gasteiger partial charge >= 0.3 is 5.97 Å². The Bertz CT molecular complexity index is 647. The van der Waals surface area contributed by atoms with Crippen molar-refractivity contribution in [2.45, 2.75) is 51.2 Å². The molecule has 0 amide bonds. The Morgan fingerprint density at radius 3 is 2.75 bits per heavy atom. The van der Waals surface area contributed by atoms with Crippen LogP contribution in [0, 0.1) is 0 Å². The first-order chi connectivity index (χ1) is 11.5. The molecule has 5 heteroatoms. The Balaban J connectivity index is 2.27. The van der Waals surface area contributed by atoms with E-state index in [0.29, 0.717) is 18.4 Å². The molecule has 0 bridgehead atoms. The molecule has 1 heterocycles. The molecule has 1 aromatic rings. The van der Waals surface area contributed by atoms with Gasteiger partial charge < -0.3 is 9.84 Å². The second-order valence-electron chi connectivity index (χ2n) is 6.01. The number of Topliss-reactive ketones (excluding diaryl/α,β-unsaturated/α-hetero) is 2. The summed E-state index contributed by atoms with van der Waals surface area (Å²) in [4.78, 5) is 35.6. The fraction of sp³-hybridized carbons (Fsp3) is 0.421. The third kappa shape index (κ3) is 5.13. The van der Waals surface area contributed by atoms with E-state index in [1.807, 2.05) is 24.3 Å². The summed E-state index contributed by atoms with van der Waals surface area (Å²) in [6.45, 7) is 1.36. The van der Waals surface area contributed by atoms with Gasteiger partial charge in [0.1, 0.15) is 5.78 Å². The molecule has 5 nitrogen and oxygen atoms in total. The minimum absolute atomic E-state index is 0.0865. The molecule has 0 unspecified atom stereocenters. The quantitative estimate of drug-likeness (QED) is 0.662. The maximum atomic E-state index is 12.6. The molecule has 128 valence electrons. The highest BCUT2D eigenvalue weighted by atomic mass is 16.5. The minimum atomic E-state index is -1.06. The summed E-state index contributed by atoms with van der Waals surface area (Å²) in [6, 6.07) is 7.31. The standard InChI is InChI=1S/C19H22O5/c1-13(20)11-15(21)12-17(22)19-16-9-6-5-8-14(16)7-3-2-4-10-18(23)24-19/h2-3,5-6,8-9,15,19,21H,4,7,10-12H2,1H3/b3-2-/t15-,19-/m1/s1. The van der Waals surface area contributed by atoms with Crippen molar-refractivity contribution in [1.29, 1.82) is 0 Å². The maximum Gasteiger partial charge on any atom is 0.307 e. The minimum Gasteiger partial charge on any atom is -0.449 e. The molecule has 2 rings (SSSR count). The molecule has 0 aromatic heterocycles. The molecule has 0 spiro atoms. The van der Waals surface area contributed by atoms with Crippen LogP contribution in [0.15, 0.2) is 36.4 Å². The highest BCUT2D eigenvalue weighted by Crippen LogP contribution is 2.27. The highest BCUT2D eigenvalue weighted by Gasteiger charge is 2.28. The van der Waals surface area contributed by atoms with Gasteiger partial charge in [0.2, 0.25) is 0 Å². The molecule has 0 saturated carbocycles. The zero-order chi connectivity index (χ0) is 17.5. The highest BCUT2D eigenvalue weighted by molar-refractivity contribution is 5.88. The maximum absolute atomic E-state index is 12.6. The number of hydrogen-bond donors (Lipinski definition) is 1. The van der Waals surface area contributed by atoms with E-state index >= 15 is 0 Å². The van der Waals surface area contributed by atoms with Crippen LogP contribution in [0.4, 0.5) is 0 Å². The zero-order valence-electron chi connectivity index (χ0n) is 13.7. The summed E-state index contributed by atoms with van der Waals surface area (Å²) in [5.74, 6) is -1.03. The molecule has 0 fully saturated rings. The Morgan fingerprint density at radius 2 is 2.00 bits per heavy atom. The van der Waals surface area contributed by atoms with E-state index in [2.05, 4.69) is 0 Å². The second-order valence-corrected chi connectivity index (χ2v) is 6.01. The number of benzene rings is 1. The molecule has 0 saturated heterocycles. The van der Waals surface area contributed by atoms with Crippen molar-refractivity contribution in [1.82, 2.24) is 0 Å². The Kier molecular flexibility index (Phi) is 6.44. The van der Waals surface area contributed by atoms with Gasteiger partial charge in [-0.25, -0.2) is 0 Å². The van der Waals surface area contributed by atoms with Crippen molar-refractivity contribution in [3.8, 4) is 0 Å². The fourth-order valence-electron chi connectivity index (χ4n) is 2.74. The first kappa shape index (κ1) is 18.1. The summed E-state index contributed by atoms with van der Waals surface area (Å²) in [6.07, 6.45) is 2.91. The number of cyclic esters (lactones) is 1. The number of aliphatic hydroxyl groups is 1. The van der Waals surface area contributed by atoms with Crippen LogP contribution in [0.2, 0.25) is 0 Å². The number of aliphatic hydroxyl groups excluding tert-OH is 1. The van der Waals surface area contributed by atoms with Gasteiger partial charge in [0, 0.05) is 24.8 Å². The van der Waals surface area contributed by atoms with Gasteiger partial charge in [0.15, 0.2) is 11.9 Å². The monoisotopic (exact) mass is 330 g/mol. The van der Waals surface area contributed by atoms with Crippen LogP contribution < -0.4 is 0 Å². The third-order valence-electron chi connectivity index (χ3n) is 3.86. The molecule has 1 aliphatic rings. The number of carbonyl (C=O) groups is 3. The predicted octanol–water partition coefficient (Wildman–Crippen LogP) is 2.46. The lowest BCUT2D eigenvalue weighted by Crippen LogP contribution is -2.25.